The summed E-state index contributed by atoms with van der Waals surface area (Å²) in [6.07, 6.45) is 9.91. The minimum Gasteiger partial charge on any atom is -0.285 e. The highest BCUT2D eigenvalue weighted by Crippen LogP contribution is 2.38. The van der Waals surface area contributed by atoms with E-state index in [2.05, 4.69) is 30.1 Å². The van der Waals surface area contributed by atoms with Crippen molar-refractivity contribution < 1.29 is 0 Å². The van der Waals surface area contributed by atoms with Gasteiger partial charge in [0.1, 0.15) is 0 Å². The van der Waals surface area contributed by atoms with Gasteiger partial charge in [-0.2, -0.15) is 5.10 Å². The van der Waals surface area contributed by atoms with Crippen molar-refractivity contribution >= 4 is 5.57 Å². The summed E-state index contributed by atoms with van der Waals surface area (Å²) >= 11 is 0. The van der Waals surface area contributed by atoms with Crippen molar-refractivity contribution in [3.8, 4) is 0 Å². The maximum atomic E-state index is 3.98. The molecule has 0 saturated heterocycles. The van der Waals surface area contributed by atoms with Gasteiger partial charge in [0.15, 0.2) is 0 Å². The molecule has 2 heteroatoms. The number of allylic oxidation sites excluding steroid dienone is 2. The number of aromatic nitrogens is 2. The maximum absolute atomic E-state index is 3.98. The Morgan fingerprint density at radius 3 is 2.92 bits per heavy atom. The van der Waals surface area contributed by atoms with E-state index in [9.17, 15) is 0 Å². The largest absolute Gasteiger partial charge is 0.285 e. The molecule has 0 aromatic carbocycles. The van der Waals surface area contributed by atoms with Crippen LogP contribution < -0.4 is 0 Å². The Labute approximate surface area is 79.1 Å². The van der Waals surface area contributed by atoms with Gasteiger partial charge >= 0.3 is 0 Å². The average Bonchev–Trinajstić information content (AvgIpc) is 2.53. The fourth-order valence-corrected chi connectivity index (χ4v) is 1.96. The maximum Gasteiger partial charge on any atom is 0.0562 e. The first kappa shape index (κ1) is 8.54. The molecule has 1 aromatic rings. The smallest absolute Gasteiger partial charge is 0.0562 e. The van der Waals surface area contributed by atoms with Crippen LogP contribution in [0.4, 0.5) is 0 Å². The standard InChI is InChI=1S/C11H16N2/c1-11(2)5-3-4-9(6-11)10-7-12-13-8-10/h4,7-8H,3,5-6H2,1-2H3,(H,12,13). The van der Waals surface area contributed by atoms with Crippen LogP contribution in [0.5, 0.6) is 0 Å². The molecule has 0 radical (unpaired) electrons. The van der Waals surface area contributed by atoms with E-state index in [4.69, 9.17) is 0 Å². The Morgan fingerprint density at radius 2 is 2.31 bits per heavy atom. The Balaban J connectivity index is 2.22. The molecule has 1 aliphatic rings. The lowest BCUT2D eigenvalue weighted by atomic mass is 9.76. The number of hydrogen-bond acceptors (Lipinski definition) is 1. The number of rotatable bonds is 1. The molecule has 0 spiro atoms. The normalized spacial score (nSPS) is 21.2. The molecule has 0 aliphatic heterocycles. The summed E-state index contributed by atoms with van der Waals surface area (Å²) < 4.78 is 0. The molecule has 70 valence electrons. The van der Waals surface area contributed by atoms with E-state index < -0.39 is 0 Å². The number of hydrogen-bond donors (Lipinski definition) is 1. The Bertz CT molecular complexity index is 307. The van der Waals surface area contributed by atoms with Crippen molar-refractivity contribution in [1.29, 1.82) is 0 Å². The van der Waals surface area contributed by atoms with E-state index in [1.165, 1.54) is 30.4 Å². The van der Waals surface area contributed by atoms with Gasteiger partial charge in [0, 0.05) is 11.8 Å². The van der Waals surface area contributed by atoms with Crippen LogP contribution in [-0.4, -0.2) is 10.2 Å². The summed E-state index contributed by atoms with van der Waals surface area (Å²) in [5, 5.41) is 6.84. The molecule has 1 aliphatic carbocycles. The van der Waals surface area contributed by atoms with E-state index in [0.29, 0.717) is 5.41 Å². The summed E-state index contributed by atoms with van der Waals surface area (Å²) in [4.78, 5) is 0. The van der Waals surface area contributed by atoms with Crippen molar-refractivity contribution in [3.05, 3.63) is 24.0 Å². The zero-order valence-electron chi connectivity index (χ0n) is 8.30. The lowest BCUT2D eigenvalue weighted by Gasteiger charge is -2.29. The highest BCUT2D eigenvalue weighted by molar-refractivity contribution is 5.65. The van der Waals surface area contributed by atoms with Crippen LogP contribution in [0, 0.1) is 5.41 Å². The summed E-state index contributed by atoms with van der Waals surface area (Å²) in [6, 6.07) is 0. The van der Waals surface area contributed by atoms with Gasteiger partial charge in [-0.3, -0.25) is 5.10 Å². The van der Waals surface area contributed by atoms with Crippen LogP contribution in [-0.2, 0) is 0 Å². The van der Waals surface area contributed by atoms with E-state index >= 15 is 0 Å². The van der Waals surface area contributed by atoms with Crippen molar-refractivity contribution in [3.63, 3.8) is 0 Å². The molecule has 0 saturated carbocycles. The van der Waals surface area contributed by atoms with Crippen molar-refractivity contribution in [1.82, 2.24) is 10.2 Å². The predicted molar refractivity (Wildman–Crippen MR) is 54.2 cm³/mol. The number of H-pyrrole nitrogens is 1. The van der Waals surface area contributed by atoms with E-state index in [1.54, 1.807) is 0 Å². The summed E-state index contributed by atoms with van der Waals surface area (Å²) in [5.74, 6) is 0. The summed E-state index contributed by atoms with van der Waals surface area (Å²) in [7, 11) is 0. The molecule has 2 rings (SSSR count). The number of nitrogens with zero attached hydrogens (tertiary/aromatic N) is 1. The Morgan fingerprint density at radius 1 is 1.46 bits per heavy atom. The Kier molecular flexibility index (Phi) is 1.98. The topological polar surface area (TPSA) is 28.7 Å². The zero-order valence-corrected chi connectivity index (χ0v) is 8.30. The molecule has 2 nitrogen and oxygen atoms in total. The van der Waals surface area contributed by atoms with Crippen LogP contribution >= 0.6 is 0 Å². The summed E-state index contributed by atoms with van der Waals surface area (Å²) in [6.45, 7) is 4.67. The molecule has 1 N–H and O–H groups in total. The molecule has 0 amide bonds. The number of aromatic amines is 1. The van der Waals surface area contributed by atoms with Gasteiger partial charge in [0.2, 0.25) is 0 Å². The fourth-order valence-electron chi connectivity index (χ4n) is 1.96. The van der Waals surface area contributed by atoms with E-state index in [-0.39, 0.29) is 0 Å². The first-order valence-electron chi connectivity index (χ1n) is 4.86. The minimum atomic E-state index is 0.460. The van der Waals surface area contributed by atoms with Crippen molar-refractivity contribution in [2.24, 2.45) is 5.41 Å². The van der Waals surface area contributed by atoms with E-state index in [1.807, 2.05) is 12.4 Å². The quantitative estimate of drug-likeness (QED) is 0.700. The Hall–Kier alpha value is -1.05. The highest BCUT2D eigenvalue weighted by atomic mass is 15.1. The van der Waals surface area contributed by atoms with Gasteiger partial charge in [-0.25, -0.2) is 0 Å². The van der Waals surface area contributed by atoms with Crippen LogP contribution in [0.15, 0.2) is 18.5 Å². The SMILES string of the molecule is CC1(C)CCC=C(c2cn[nH]c2)C1. The molecule has 1 aromatic heterocycles. The second-order valence-corrected chi connectivity index (χ2v) is 4.60. The average molecular weight is 176 g/mol. The third-order valence-electron chi connectivity index (χ3n) is 2.75. The fraction of sp³-hybridized carbons (Fsp3) is 0.545. The first-order chi connectivity index (χ1) is 6.17. The van der Waals surface area contributed by atoms with Gasteiger partial charge in [-0.15, -0.1) is 0 Å². The highest BCUT2D eigenvalue weighted by Gasteiger charge is 2.23. The molecule has 0 bridgehead atoms. The molecule has 1 heterocycles. The van der Waals surface area contributed by atoms with Gasteiger partial charge < -0.3 is 0 Å². The first-order valence-corrected chi connectivity index (χ1v) is 4.86. The molecule has 0 fully saturated rings. The van der Waals surface area contributed by atoms with Crippen molar-refractivity contribution in [2.75, 3.05) is 0 Å². The monoisotopic (exact) mass is 176 g/mol. The van der Waals surface area contributed by atoms with E-state index in [0.717, 1.165) is 0 Å². The lowest BCUT2D eigenvalue weighted by molar-refractivity contribution is 0.338. The van der Waals surface area contributed by atoms with Gasteiger partial charge in [-0.05, 0) is 30.3 Å². The molecule has 0 unspecified atom stereocenters. The van der Waals surface area contributed by atoms with Crippen LogP contribution in [0.2, 0.25) is 0 Å². The molecule has 13 heavy (non-hydrogen) atoms. The predicted octanol–water partition coefficient (Wildman–Crippen LogP) is 3.00. The molecular formula is C11H16N2. The van der Waals surface area contributed by atoms with Crippen LogP contribution in [0.25, 0.3) is 5.57 Å². The van der Waals surface area contributed by atoms with Crippen LogP contribution in [0.3, 0.4) is 0 Å². The molecule has 0 atom stereocenters. The second-order valence-electron chi connectivity index (χ2n) is 4.60. The summed E-state index contributed by atoms with van der Waals surface area (Å²) in [5.41, 5.74) is 3.17. The third-order valence-corrected chi connectivity index (χ3v) is 2.75. The van der Waals surface area contributed by atoms with Crippen molar-refractivity contribution in [2.45, 2.75) is 33.1 Å². The van der Waals surface area contributed by atoms with Gasteiger partial charge in [0.25, 0.3) is 0 Å². The lowest BCUT2D eigenvalue weighted by Crippen LogP contribution is -2.14. The van der Waals surface area contributed by atoms with Gasteiger partial charge in [0.05, 0.1) is 6.20 Å². The van der Waals surface area contributed by atoms with Gasteiger partial charge in [-0.1, -0.05) is 19.9 Å². The molecular weight excluding hydrogens is 160 g/mol. The number of nitrogens with one attached hydrogen (secondary N) is 1. The van der Waals surface area contributed by atoms with Crippen LogP contribution in [0.1, 0.15) is 38.7 Å². The second kappa shape index (κ2) is 3.02. The third kappa shape index (κ3) is 1.82. The zero-order chi connectivity index (χ0) is 9.31. The minimum absolute atomic E-state index is 0.460.